The standard InChI is InChI=1S/C15H27N3/c1-12(2)18-9-8-15(17-18)11-16-10-14-6-4-13(3)5-7-14/h8-9,12-14,16H,4-7,10-11H2,1-3H3. The lowest BCUT2D eigenvalue weighted by Crippen LogP contribution is -2.26. The van der Waals surface area contributed by atoms with Crippen LogP contribution < -0.4 is 5.32 Å². The normalized spacial score (nSPS) is 24.7. The van der Waals surface area contributed by atoms with Crippen LogP contribution in [0.15, 0.2) is 12.3 Å². The van der Waals surface area contributed by atoms with Gasteiger partial charge in [0.2, 0.25) is 0 Å². The predicted octanol–water partition coefficient (Wildman–Crippen LogP) is 3.38. The first-order chi connectivity index (χ1) is 8.65. The molecule has 1 saturated carbocycles. The minimum absolute atomic E-state index is 0.457. The summed E-state index contributed by atoms with van der Waals surface area (Å²) in [5.74, 6) is 1.83. The van der Waals surface area contributed by atoms with E-state index in [0.717, 1.165) is 30.6 Å². The topological polar surface area (TPSA) is 29.9 Å². The van der Waals surface area contributed by atoms with Crippen molar-refractivity contribution in [3.05, 3.63) is 18.0 Å². The van der Waals surface area contributed by atoms with Gasteiger partial charge in [0, 0.05) is 18.8 Å². The van der Waals surface area contributed by atoms with Crippen molar-refractivity contribution >= 4 is 0 Å². The number of hydrogen-bond donors (Lipinski definition) is 1. The maximum Gasteiger partial charge on any atom is 0.0762 e. The Hall–Kier alpha value is -0.830. The summed E-state index contributed by atoms with van der Waals surface area (Å²) in [5, 5.41) is 8.12. The Morgan fingerprint density at radius 1 is 1.33 bits per heavy atom. The second-order valence-electron chi connectivity index (χ2n) is 6.14. The average Bonchev–Trinajstić information content (AvgIpc) is 2.81. The van der Waals surface area contributed by atoms with E-state index in [-0.39, 0.29) is 0 Å². The van der Waals surface area contributed by atoms with Crippen LogP contribution in [0, 0.1) is 11.8 Å². The Balaban J connectivity index is 1.68. The van der Waals surface area contributed by atoms with E-state index in [9.17, 15) is 0 Å². The van der Waals surface area contributed by atoms with E-state index in [4.69, 9.17) is 0 Å². The molecule has 3 heteroatoms. The zero-order chi connectivity index (χ0) is 13.0. The molecule has 0 atom stereocenters. The SMILES string of the molecule is CC1CCC(CNCc2ccn(C(C)C)n2)CC1. The van der Waals surface area contributed by atoms with E-state index in [1.54, 1.807) is 0 Å². The summed E-state index contributed by atoms with van der Waals surface area (Å²) in [7, 11) is 0. The van der Waals surface area contributed by atoms with Crippen molar-refractivity contribution in [3.63, 3.8) is 0 Å². The molecule has 1 N–H and O–H groups in total. The molecular weight excluding hydrogens is 222 g/mol. The molecular formula is C15H27N3. The van der Waals surface area contributed by atoms with Gasteiger partial charge >= 0.3 is 0 Å². The van der Waals surface area contributed by atoms with E-state index in [1.807, 2.05) is 4.68 Å². The molecule has 3 nitrogen and oxygen atoms in total. The molecule has 0 amide bonds. The van der Waals surface area contributed by atoms with Gasteiger partial charge < -0.3 is 5.32 Å². The van der Waals surface area contributed by atoms with Gasteiger partial charge in [-0.25, -0.2) is 0 Å². The summed E-state index contributed by atoms with van der Waals surface area (Å²) in [6.07, 6.45) is 7.69. The van der Waals surface area contributed by atoms with Crippen LogP contribution in [0.2, 0.25) is 0 Å². The Morgan fingerprint density at radius 2 is 2.06 bits per heavy atom. The molecule has 1 aromatic heterocycles. The summed E-state index contributed by atoms with van der Waals surface area (Å²) < 4.78 is 2.03. The van der Waals surface area contributed by atoms with E-state index >= 15 is 0 Å². The van der Waals surface area contributed by atoms with E-state index < -0.39 is 0 Å². The molecule has 1 fully saturated rings. The first kappa shape index (κ1) is 13.6. The van der Waals surface area contributed by atoms with Crippen LogP contribution in [0.1, 0.15) is 58.2 Å². The monoisotopic (exact) mass is 249 g/mol. The highest BCUT2D eigenvalue weighted by Crippen LogP contribution is 2.27. The molecule has 2 rings (SSSR count). The number of nitrogens with one attached hydrogen (secondary N) is 1. The van der Waals surface area contributed by atoms with Crippen LogP contribution in [0.3, 0.4) is 0 Å². The first-order valence-corrected chi connectivity index (χ1v) is 7.40. The minimum atomic E-state index is 0.457. The summed E-state index contributed by atoms with van der Waals surface area (Å²) in [6, 6.07) is 2.58. The lowest BCUT2D eigenvalue weighted by Gasteiger charge is -2.26. The first-order valence-electron chi connectivity index (χ1n) is 7.40. The smallest absolute Gasteiger partial charge is 0.0762 e. The van der Waals surface area contributed by atoms with E-state index in [0.29, 0.717) is 6.04 Å². The lowest BCUT2D eigenvalue weighted by atomic mass is 9.83. The third-order valence-corrected chi connectivity index (χ3v) is 4.07. The molecule has 0 bridgehead atoms. The van der Waals surface area contributed by atoms with Crippen molar-refractivity contribution in [2.24, 2.45) is 11.8 Å². The molecule has 0 aliphatic heterocycles. The van der Waals surface area contributed by atoms with Gasteiger partial charge in [0.05, 0.1) is 5.69 Å². The van der Waals surface area contributed by atoms with Gasteiger partial charge in [0.15, 0.2) is 0 Å². The van der Waals surface area contributed by atoms with Gasteiger partial charge in [-0.3, -0.25) is 4.68 Å². The molecule has 0 spiro atoms. The third-order valence-electron chi connectivity index (χ3n) is 4.07. The molecule has 18 heavy (non-hydrogen) atoms. The fourth-order valence-electron chi connectivity index (χ4n) is 2.70. The average molecular weight is 249 g/mol. The summed E-state index contributed by atoms with van der Waals surface area (Å²) >= 11 is 0. The van der Waals surface area contributed by atoms with Crippen molar-refractivity contribution in [1.29, 1.82) is 0 Å². The minimum Gasteiger partial charge on any atom is -0.311 e. The highest BCUT2D eigenvalue weighted by Gasteiger charge is 2.17. The second-order valence-corrected chi connectivity index (χ2v) is 6.14. The highest BCUT2D eigenvalue weighted by atomic mass is 15.3. The molecule has 102 valence electrons. The van der Waals surface area contributed by atoms with Gasteiger partial charge in [-0.2, -0.15) is 5.10 Å². The number of hydrogen-bond acceptors (Lipinski definition) is 2. The van der Waals surface area contributed by atoms with Gasteiger partial charge in [-0.05, 0) is 51.1 Å². The fourth-order valence-corrected chi connectivity index (χ4v) is 2.70. The molecule has 0 radical (unpaired) electrons. The Bertz CT molecular complexity index is 348. The quantitative estimate of drug-likeness (QED) is 0.867. The van der Waals surface area contributed by atoms with Gasteiger partial charge in [-0.15, -0.1) is 0 Å². The Morgan fingerprint density at radius 3 is 2.67 bits per heavy atom. The van der Waals surface area contributed by atoms with E-state index in [2.05, 4.69) is 43.4 Å². The van der Waals surface area contributed by atoms with Crippen molar-refractivity contribution in [3.8, 4) is 0 Å². The summed E-state index contributed by atoms with van der Waals surface area (Å²) in [5.41, 5.74) is 1.16. The maximum absolute atomic E-state index is 4.56. The van der Waals surface area contributed by atoms with Gasteiger partial charge in [0.25, 0.3) is 0 Å². The van der Waals surface area contributed by atoms with E-state index in [1.165, 1.54) is 25.7 Å². The van der Waals surface area contributed by atoms with Crippen LogP contribution >= 0.6 is 0 Å². The molecule has 0 aromatic carbocycles. The largest absolute Gasteiger partial charge is 0.311 e. The highest BCUT2D eigenvalue weighted by molar-refractivity contribution is 4.99. The van der Waals surface area contributed by atoms with Crippen LogP contribution in [0.5, 0.6) is 0 Å². The third kappa shape index (κ3) is 3.84. The Labute approximate surface area is 111 Å². The fraction of sp³-hybridized carbons (Fsp3) is 0.800. The number of nitrogens with zero attached hydrogens (tertiary/aromatic N) is 2. The summed E-state index contributed by atoms with van der Waals surface area (Å²) in [4.78, 5) is 0. The Kier molecular flexibility index (Phi) is 4.81. The molecule has 1 aromatic rings. The van der Waals surface area contributed by atoms with Crippen LogP contribution in [0.25, 0.3) is 0 Å². The van der Waals surface area contributed by atoms with Gasteiger partial charge in [0.1, 0.15) is 0 Å². The van der Waals surface area contributed by atoms with Crippen molar-refractivity contribution < 1.29 is 0 Å². The van der Waals surface area contributed by atoms with Crippen molar-refractivity contribution in [2.75, 3.05) is 6.54 Å². The van der Waals surface area contributed by atoms with Crippen LogP contribution in [-0.2, 0) is 6.54 Å². The van der Waals surface area contributed by atoms with Crippen molar-refractivity contribution in [1.82, 2.24) is 15.1 Å². The zero-order valence-corrected chi connectivity index (χ0v) is 12.0. The lowest BCUT2D eigenvalue weighted by molar-refractivity contribution is 0.281. The van der Waals surface area contributed by atoms with Crippen LogP contribution in [0.4, 0.5) is 0 Å². The molecule has 1 aliphatic rings. The van der Waals surface area contributed by atoms with Crippen LogP contribution in [-0.4, -0.2) is 16.3 Å². The predicted molar refractivity (Wildman–Crippen MR) is 75.4 cm³/mol. The molecule has 0 saturated heterocycles. The maximum atomic E-state index is 4.56. The van der Waals surface area contributed by atoms with Crippen molar-refractivity contribution in [2.45, 2.75) is 59.0 Å². The number of aromatic nitrogens is 2. The molecule has 1 aliphatic carbocycles. The van der Waals surface area contributed by atoms with Gasteiger partial charge in [-0.1, -0.05) is 19.8 Å². The molecule has 1 heterocycles. The number of rotatable bonds is 5. The second kappa shape index (κ2) is 6.37. The molecule has 0 unspecified atom stereocenters. The zero-order valence-electron chi connectivity index (χ0n) is 12.0. The summed E-state index contributed by atoms with van der Waals surface area (Å²) in [6.45, 7) is 8.76.